The maximum atomic E-state index is 12.4. The monoisotopic (exact) mass is 403 g/mol. The number of hydrogen-bond donors (Lipinski definition) is 2. The number of nitrogens with one attached hydrogen (secondary N) is 1. The number of primary amides is 1. The standard InChI is InChI=1S/C20H25N3O2S2/c1-3-9-23-10-8-15-16(11-23)27-20(18(15)19(21)25)22-17(24)12-26-14-6-4-13(2)5-7-14/h4-7H,3,8-12H2,1-2H3,(H2,21,25)(H,22,24). The second kappa shape index (κ2) is 8.91. The van der Waals surface area contributed by atoms with Crippen LogP contribution in [0.25, 0.3) is 0 Å². The smallest absolute Gasteiger partial charge is 0.251 e. The van der Waals surface area contributed by atoms with Gasteiger partial charge < -0.3 is 11.1 Å². The van der Waals surface area contributed by atoms with E-state index < -0.39 is 5.91 Å². The molecule has 2 aromatic rings. The van der Waals surface area contributed by atoms with Crippen LogP contribution in [0, 0.1) is 6.92 Å². The first kappa shape index (κ1) is 19.9. The van der Waals surface area contributed by atoms with Crippen molar-refractivity contribution in [1.29, 1.82) is 0 Å². The molecule has 0 saturated carbocycles. The Morgan fingerprint density at radius 1 is 1.30 bits per heavy atom. The normalized spacial score (nSPS) is 14.0. The largest absolute Gasteiger partial charge is 0.365 e. The van der Waals surface area contributed by atoms with Gasteiger partial charge >= 0.3 is 0 Å². The number of anilines is 1. The molecule has 1 aromatic heterocycles. The summed E-state index contributed by atoms with van der Waals surface area (Å²) in [5, 5.41) is 3.51. The van der Waals surface area contributed by atoms with Gasteiger partial charge in [-0.15, -0.1) is 23.1 Å². The number of fused-ring (bicyclic) bond motifs is 1. The van der Waals surface area contributed by atoms with E-state index in [-0.39, 0.29) is 5.91 Å². The van der Waals surface area contributed by atoms with Gasteiger partial charge in [-0.2, -0.15) is 0 Å². The maximum Gasteiger partial charge on any atom is 0.251 e. The lowest BCUT2D eigenvalue weighted by Crippen LogP contribution is -2.31. The highest BCUT2D eigenvalue weighted by Crippen LogP contribution is 2.37. The Hall–Kier alpha value is -1.83. The van der Waals surface area contributed by atoms with Gasteiger partial charge in [0, 0.05) is 22.9 Å². The topological polar surface area (TPSA) is 75.4 Å². The van der Waals surface area contributed by atoms with E-state index >= 15 is 0 Å². The molecule has 3 N–H and O–H groups in total. The molecule has 0 saturated heterocycles. The highest BCUT2D eigenvalue weighted by molar-refractivity contribution is 8.00. The molecule has 144 valence electrons. The minimum Gasteiger partial charge on any atom is -0.365 e. The number of hydrogen-bond acceptors (Lipinski definition) is 5. The van der Waals surface area contributed by atoms with E-state index in [1.165, 1.54) is 28.7 Å². The van der Waals surface area contributed by atoms with Gasteiger partial charge in [-0.1, -0.05) is 24.6 Å². The Bertz CT molecular complexity index is 830. The molecule has 0 spiro atoms. The van der Waals surface area contributed by atoms with Gasteiger partial charge in [-0.05, 0) is 44.0 Å². The molecule has 0 atom stereocenters. The minimum atomic E-state index is -0.460. The first-order valence-electron chi connectivity index (χ1n) is 9.14. The molecule has 2 heterocycles. The lowest BCUT2D eigenvalue weighted by atomic mass is 10.0. The molecule has 0 radical (unpaired) electrons. The second-order valence-corrected chi connectivity index (χ2v) is 8.90. The van der Waals surface area contributed by atoms with Gasteiger partial charge in [0.05, 0.1) is 11.3 Å². The highest BCUT2D eigenvalue weighted by Gasteiger charge is 2.27. The molecule has 1 aliphatic heterocycles. The van der Waals surface area contributed by atoms with Crippen molar-refractivity contribution in [2.24, 2.45) is 5.73 Å². The van der Waals surface area contributed by atoms with Crippen LogP contribution in [0.3, 0.4) is 0 Å². The molecular formula is C20H25N3O2S2. The fourth-order valence-electron chi connectivity index (χ4n) is 3.26. The Morgan fingerprint density at radius 3 is 2.70 bits per heavy atom. The summed E-state index contributed by atoms with van der Waals surface area (Å²) >= 11 is 2.97. The average molecular weight is 404 g/mol. The van der Waals surface area contributed by atoms with Crippen LogP contribution in [0.1, 0.15) is 39.7 Å². The van der Waals surface area contributed by atoms with Crippen molar-refractivity contribution in [3.05, 3.63) is 45.8 Å². The first-order valence-corrected chi connectivity index (χ1v) is 10.9. The number of amides is 2. The summed E-state index contributed by atoms with van der Waals surface area (Å²) in [7, 11) is 0. The van der Waals surface area contributed by atoms with Crippen LogP contribution in [-0.2, 0) is 17.8 Å². The van der Waals surface area contributed by atoms with Crippen molar-refractivity contribution in [2.75, 3.05) is 24.2 Å². The molecule has 0 fully saturated rings. The van der Waals surface area contributed by atoms with Crippen LogP contribution in [0.2, 0.25) is 0 Å². The summed E-state index contributed by atoms with van der Waals surface area (Å²) in [6.45, 7) is 6.98. The molecule has 0 aliphatic carbocycles. The summed E-state index contributed by atoms with van der Waals surface area (Å²) in [6.07, 6.45) is 1.90. The van der Waals surface area contributed by atoms with Crippen LogP contribution in [0.4, 0.5) is 5.00 Å². The van der Waals surface area contributed by atoms with Crippen LogP contribution in [0.15, 0.2) is 29.2 Å². The molecule has 5 nitrogen and oxygen atoms in total. The van der Waals surface area contributed by atoms with Gasteiger partial charge in [0.15, 0.2) is 0 Å². The first-order chi connectivity index (χ1) is 13.0. The summed E-state index contributed by atoms with van der Waals surface area (Å²) in [4.78, 5) is 29.0. The number of aryl methyl sites for hydroxylation is 1. The fourth-order valence-corrected chi connectivity index (χ4v) is 5.27. The average Bonchev–Trinajstić information content (AvgIpc) is 2.98. The van der Waals surface area contributed by atoms with Crippen molar-refractivity contribution in [3.63, 3.8) is 0 Å². The Kier molecular flexibility index (Phi) is 6.57. The molecular weight excluding hydrogens is 378 g/mol. The molecule has 7 heteroatoms. The molecule has 0 bridgehead atoms. The van der Waals surface area contributed by atoms with Gasteiger partial charge in [-0.3, -0.25) is 14.5 Å². The predicted octanol–water partition coefficient (Wildman–Crippen LogP) is 3.65. The Labute approximate surface area is 168 Å². The van der Waals surface area contributed by atoms with Crippen LogP contribution < -0.4 is 11.1 Å². The minimum absolute atomic E-state index is 0.118. The molecule has 3 rings (SSSR count). The van der Waals surface area contributed by atoms with Gasteiger partial charge in [0.2, 0.25) is 5.91 Å². The highest BCUT2D eigenvalue weighted by atomic mass is 32.2. The summed E-state index contributed by atoms with van der Waals surface area (Å²) in [5.74, 6) is -0.281. The number of thiophene rings is 1. The van der Waals surface area contributed by atoms with Crippen LogP contribution >= 0.6 is 23.1 Å². The number of nitrogens with zero attached hydrogens (tertiary/aromatic N) is 1. The van der Waals surface area contributed by atoms with E-state index in [4.69, 9.17) is 5.73 Å². The van der Waals surface area contributed by atoms with E-state index in [2.05, 4.69) is 17.1 Å². The van der Waals surface area contributed by atoms with E-state index in [1.807, 2.05) is 31.2 Å². The van der Waals surface area contributed by atoms with E-state index in [0.717, 1.165) is 47.8 Å². The Balaban J connectivity index is 1.69. The van der Waals surface area contributed by atoms with Crippen molar-refractivity contribution < 1.29 is 9.59 Å². The van der Waals surface area contributed by atoms with Gasteiger partial charge in [-0.25, -0.2) is 0 Å². The van der Waals surface area contributed by atoms with Gasteiger partial charge in [0.25, 0.3) is 5.91 Å². The zero-order chi connectivity index (χ0) is 19.4. The number of benzene rings is 1. The lowest BCUT2D eigenvalue weighted by molar-refractivity contribution is -0.113. The summed E-state index contributed by atoms with van der Waals surface area (Å²) in [5.41, 5.74) is 8.33. The number of nitrogens with two attached hydrogens (primary N) is 1. The maximum absolute atomic E-state index is 12.4. The number of rotatable bonds is 7. The number of carbonyl (C=O) groups excluding carboxylic acids is 2. The van der Waals surface area contributed by atoms with Crippen LogP contribution in [0.5, 0.6) is 0 Å². The third-order valence-electron chi connectivity index (χ3n) is 4.57. The van der Waals surface area contributed by atoms with E-state index in [9.17, 15) is 9.59 Å². The van der Waals surface area contributed by atoms with Crippen molar-refractivity contribution >= 4 is 39.9 Å². The lowest BCUT2D eigenvalue weighted by Gasteiger charge is -2.26. The fraction of sp³-hybridized carbons (Fsp3) is 0.400. The predicted molar refractivity (Wildman–Crippen MR) is 113 cm³/mol. The Morgan fingerprint density at radius 2 is 2.04 bits per heavy atom. The quantitative estimate of drug-likeness (QED) is 0.692. The van der Waals surface area contributed by atoms with Gasteiger partial charge in [0.1, 0.15) is 5.00 Å². The molecule has 1 aromatic carbocycles. The third kappa shape index (κ3) is 4.91. The SMILES string of the molecule is CCCN1CCc2c(sc(NC(=O)CSc3ccc(C)cc3)c2C(N)=O)C1. The zero-order valence-electron chi connectivity index (χ0n) is 15.7. The van der Waals surface area contributed by atoms with Crippen molar-refractivity contribution in [2.45, 2.75) is 38.1 Å². The second-order valence-electron chi connectivity index (χ2n) is 6.75. The summed E-state index contributed by atoms with van der Waals surface area (Å²) < 4.78 is 0. The molecule has 0 unspecified atom stereocenters. The van der Waals surface area contributed by atoms with E-state index in [1.54, 1.807) is 0 Å². The van der Waals surface area contributed by atoms with Crippen molar-refractivity contribution in [1.82, 2.24) is 4.90 Å². The van der Waals surface area contributed by atoms with Crippen LogP contribution in [-0.4, -0.2) is 35.6 Å². The molecule has 1 aliphatic rings. The molecule has 27 heavy (non-hydrogen) atoms. The zero-order valence-corrected chi connectivity index (χ0v) is 17.3. The van der Waals surface area contributed by atoms with Crippen molar-refractivity contribution in [3.8, 4) is 0 Å². The van der Waals surface area contributed by atoms with E-state index in [0.29, 0.717) is 16.3 Å². The molecule has 2 amide bonds. The third-order valence-corrected chi connectivity index (χ3v) is 6.71. The summed E-state index contributed by atoms with van der Waals surface area (Å²) in [6, 6.07) is 8.07. The number of thioether (sulfide) groups is 1. The number of carbonyl (C=O) groups is 2.